The van der Waals surface area contributed by atoms with Crippen molar-refractivity contribution < 1.29 is 9.47 Å². The Morgan fingerprint density at radius 2 is 0.729 bits per heavy atom. The zero-order chi connectivity index (χ0) is 47.5. The summed E-state index contributed by atoms with van der Waals surface area (Å²) < 4.78 is 14.5. The minimum atomic E-state index is 0.606. The molecular weight excluding hydrogens is 857 g/mol. The van der Waals surface area contributed by atoms with Gasteiger partial charge in [-0.1, -0.05) is 174 Å². The summed E-state index contributed by atoms with van der Waals surface area (Å²) in [5.41, 5.74) is 14.1. The Morgan fingerprint density at radius 3 is 1.11 bits per heavy atom. The zero-order valence-electron chi connectivity index (χ0n) is 40.2. The number of benzene rings is 6. The molecule has 4 heterocycles. The van der Waals surface area contributed by atoms with Gasteiger partial charge in [0.05, 0.1) is 36.0 Å². The van der Waals surface area contributed by atoms with Crippen LogP contribution in [0.5, 0.6) is 11.5 Å². The van der Waals surface area contributed by atoms with Gasteiger partial charge in [-0.25, -0.2) is 0 Å². The second-order valence-electron chi connectivity index (χ2n) is 18.0. The normalized spacial score (nSPS) is 11.3. The van der Waals surface area contributed by atoms with Crippen LogP contribution in [0.1, 0.15) is 65.2 Å². The summed E-state index contributed by atoms with van der Waals surface area (Å²) in [6.07, 6.45) is 16.3. The van der Waals surface area contributed by atoms with Crippen molar-refractivity contribution in [2.45, 2.75) is 65.2 Å². The van der Waals surface area contributed by atoms with Gasteiger partial charge in [-0.15, -0.1) is 0 Å². The maximum Gasteiger partial charge on any atom is 0.135 e. The number of fused-ring (bicyclic) bond motifs is 2. The lowest BCUT2D eigenvalue weighted by atomic mass is 9.86. The van der Waals surface area contributed by atoms with E-state index >= 15 is 0 Å². The third kappa shape index (κ3) is 10.1. The second-order valence-corrected chi connectivity index (χ2v) is 18.0. The van der Waals surface area contributed by atoms with E-state index in [0.29, 0.717) is 13.2 Å². The first-order chi connectivity index (χ1) is 34.7. The van der Waals surface area contributed by atoms with Gasteiger partial charge in [0.15, 0.2) is 0 Å². The van der Waals surface area contributed by atoms with Crippen LogP contribution in [0.3, 0.4) is 0 Å². The highest BCUT2D eigenvalue weighted by molar-refractivity contribution is 6.14. The highest BCUT2D eigenvalue weighted by Crippen LogP contribution is 2.53. The van der Waals surface area contributed by atoms with Crippen molar-refractivity contribution in [3.05, 3.63) is 195 Å². The maximum absolute atomic E-state index is 7.23. The Bertz CT molecular complexity index is 3080. The molecule has 0 N–H and O–H groups in total. The Hall–Kier alpha value is -7.96. The van der Waals surface area contributed by atoms with Crippen LogP contribution in [0, 0.1) is 0 Å². The van der Waals surface area contributed by atoms with Crippen molar-refractivity contribution in [3.63, 3.8) is 0 Å². The van der Waals surface area contributed by atoms with Crippen LogP contribution in [0.15, 0.2) is 195 Å². The summed E-state index contributed by atoms with van der Waals surface area (Å²) in [7, 11) is 0. The van der Waals surface area contributed by atoms with Gasteiger partial charge in [0, 0.05) is 58.2 Å². The molecule has 6 heteroatoms. The van der Waals surface area contributed by atoms with Crippen molar-refractivity contribution in [3.8, 4) is 89.9 Å². The first-order valence-electron chi connectivity index (χ1n) is 25.0. The van der Waals surface area contributed by atoms with E-state index in [1.165, 1.54) is 12.8 Å². The maximum atomic E-state index is 7.23. The lowest BCUT2D eigenvalue weighted by Gasteiger charge is -2.24. The molecule has 0 unspecified atom stereocenters. The molecule has 0 saturated heterocycles. The third-order valence-electron chi connectivity index (χ3n) is 13.2. The summed E-state index contributed by atoms with van der Waals surface area (Å²) in [5.74, 6) is 1.75. The molecule has 0 aliphatic heterocycles. The topological polar surface area (TPSA) is 70.0 Å². The number of aromatic nitrogens is 4. The fraction of sp³-hybridized carbons (Fsp3) is 0.188. The lowest BCUT2D eigenvalue weighted by molar-refractivity contribution is 0.303. The number of hydrogen-bond donors (Lipinski definition) is 0. The molecular formula is C64H58N4O2. The first-order valence-corrected chi connectivity index (χ1v) is 25.0. The highest BCUT2D eigenvalue weighted by Gasteiger charge is 2.26. The third-order valence-corrected chi connectivity index (χ3v) is 13.2. The van der Waals surface area contributed by atoms with E-state index in [9.17, 15) is 0 Å². The average Bonchev–Trinajstić information content (AvgIpc) is 3.43. The second kappa shape index (κ2) is 22.0. The van der Waals surface area contributed by atoms with Crippen molar-refractivity contribution in [2.75, 3.05) is 13.2 Å². The fourth-order valence-corrected chi connectivity index (χ4v) is 9.43. The number of rotatable bonds is 19. The number of ether oxygens (including phenoxy) is 2. The van der Waals surface area contributed by atoms with Crippen LogP contribution in [-0.2, 0) is 0 Å². The average molecular weight is 915 g/mol. The van der Waals surface area contributed by atoms with E-state index in [2.05, 4.69) is 145 Å². The van der Waals surface area contributed by atoms with Gasteiger partial charge in [-0.2, -0.15) is 0 Å². The minimum Gasteiger partial charge on any atom is -0.492 e. The molecule has 4 aromatic heterocycles. The van der Waals surface area contributed by atoms with E-state index in [1.54, 1.807) is 12.4 Å². The number of pyridine rings is 4. The van der Waals surface area contributed by atoms with Gasteiger partial charge in [0.25, 0.3) is 0 Å². The molecule has 0 aliphatic carbocycles. The van der Waals surface area contributed by atoms with Gasteiger partial charge >= 0.3 is 0 Å². The largest absolute Gasteiger partial charge is 0.492 e. The smallest absolute Gasteiger partial charge is 0.135 e. The van der Waals surface area contributed by atoms with E-state index in [0.717, 1.165) is 150 Å². The molecule has 0 fully saturated rings. The molecule has 0 bridgehead atoms. The van der Waals surface area contributed by atoms with Crippen LogP contribution in [0.2, 0.25) is 0 Å². The summed E-state index contributed by atoms with van der Waals surface area (Å²) in [6.45, 7) is 5.72. The highest BCUT2D eigenvalue weighted by atomic mass is 16.5. The fourth-order valence-electron chi connectivity index (χ4n) is 9.43. The molecule has 0 saturated carbocycles. The van der Waals surface area contributed by atoms with E-state index < -0.39 is 0 Å². The van der Waals surface area contributed by atoms with E-state index in [4.69, 9.17) is 19.4 Å². The van der Waals surface area contributed by atoms with Crippen LogP contribution in [0.4, 0.5) is 0 Å². The molecule has 10 aromatic rings. The van der Waals surface area contributed by atoms with Crippen molar-refractivity contribution in [2.24, 2.45) is 0 Å². The van der Waals surface area contributed by atoms with Gasteiger partial charge < -0.3 is 9.47 Å². The Kier molecular flexibility index (Phi) is 14.4. The minimum absolute atomic E-state index is 0.606. The molecule has 10 rings (SSSR count). The molecule has 346 valence electrons. The predicted molar refractivity (Wildman–Crippen MR) is 290 cm³/mol. The van der Waals surface area contributed by atoms with Crippen molar-refractivity contribution >= 4 is 21.5 Å². The van der Waals surface area contributed by atoms with Crippen molar-refractivity contribution in [1.29, 1.82) is 0 Å². The molecule has 0 atom stereocenters. The number of unbranched alkanes of at least 4 members (excludes halogenated alkanes) is 6. The molecule has 70 heavy (non-hydrogen) atoms. The van der Waals surface area contributed by atoms with E-state index in [-0.39, 0.29) is 0 Å². The molecule has 0 radical (unpaired) electrons. The molecule has 0 amide bonds. The molecule has 6 nitrogen and oxygen atoms in total. The first kappa shape index (κ1) is 45.8. The zero-order valence-corrected chi connectivity index (χ0v) is 40.2. The Labute approximate surface area is 412 Å². The predicted octanol–water partition coefficient (Wildman–Crippen LogP) is 17.2. The number of hydrogen-bond acceptors (Lipinski definition) is 6. The SMILES string of the molecule is CCCCCCOc1c(-c2ccc(-c3ccc(-c4ccccn4)nc3)cc2)cc2ccccc2c1-c1c(OCCCCCC)c(-c2ccc(-c3ccc(-c4ccccn4)nc3)cc2)cc2ccccc12. The molecule has 6 aromatic carbocycles. The van der Waals surface area contributed by atoms with Gasteiger partial charge in [0.2, 0.25) is 0 Å². The number of nitrogens with zero attached hydrogens (tertiary/aromatic N) is 4. The molecule has 0 spiro atoms. The van der Waals surface area contributed by atoms with Crippen LogP contribution in [0.25, 0.3) is 100.0 Å². The van der Waals surface area contributed by atoms with E-state index in [1.807, 2.05) is 60.9 Å². The standard InChI is InChI=1S/C64H58N4O2/c1-3-5-7-17-39-69-63-55(47-29-25-45(26-30-47)51-33-35-59(67-43-51)57-23-13-15-37-65-57)41-49-19-9-11-21-53(49)61(63)62-54-22-12-10-20-50(54)42-56(64(62)70-40-18-8-6-4-2)48-31-27-46(28-32-48)52-34-36-60(68-44-52)58-24-14-16-38-66-58/h9-16,19-38,41-44H,3-8,17-18,39-40H2,1-2H3. The van der Waals surface area contributed by atoms with Crippen LogP contribution < -0.4 is 9.47 Å². The van der Waals surface area contributed by atoms with Gasteiger partial charge in [-0.3, -0.25) is 19.9 Å². The lowest BCUT2D eigenvalue weighted by Crippen LogP contribution is -2.05. The Morgan fingerprint density at radius 1 is 0.343 bits per heavy atom. The Balaban J connectivity index is 1.12. The van der Waals surface area contributed by atoms with Gasteiger partial charge in [-0.05, 0) is 105 Å². The summed E-state index contributed by atoms with van der Waals surface area (Å²) in [4.78, 5) is 18.6. The summed E-state index contributed by atoms with van der Waals surface area (Å²) in [5, 5.41) is 4.53. The van der Waals surface area contributed by atoms with Gasteiger partial charge in [0.1, 0.15) is 11.5 Å². The quantitative estimate of drug-likeness (QED) is 0.0753. The van der Waals surface area contributed by atoms with Crippen LogP contribution in [-0.4, -0.2) is 33.1 Å². The summed E-state index contributed by atoms with van der Waals surface area (Å²) >= 11 is 0. The summed E-state index contributed by atoms with van der Waals surface area (Å²) in [6, 6.07) is 59.9. The monoisotopic (exact) mass is 914 g/mol. The van der Waals surface area contributed by atoms with Crippen LogP contribution >= 0.6 is 0 Å². The molecule has 0 aliphatic rings. The van der Waals surface area contributed by atoms with Crippen molar-refractivity contribution in [1.82, 2.24) is 19.9 Å².